The highest BCUT2D eigenvalue weighted by Gasteiger charge is 1.99. The van der Waals surface area contributed by atoms with Crippen molar-refractivity contribution in [1.82, 2.24) is 4.90 Å². The van der Waals surface area contributed by atoms with Crippen molar-refractivity contribution in [2.24, 2.45) is 0 Å². The Bertz CT molecular complexity index is 507. The fourth-order valence-corrected chi connectivity index (χ4v) is 1.96. The molecule has 0 atom stereocenters. The summed E-state index contributed by atoms with van der Waals surface area (Å²) in [5.74, 6) is 0. The Kier molecular flexibility index (Phi) is 3.77. The van der Waals surface area contributed by atoms with Crippen molar-refractivity contribution in [3.63, 3.8) is 0 Å². The van der Waals surface area contributed by atoms with Crippen LogP contribution in [0.3, 0.4) is 0 Å². The molecule has 0 radical (unpaired) electrons. The molecule has 2 aromatic rings. The van der Waals surface area contributed by atoms with Gasteiger partial charge in [0, 0.05) is 6.54 Å². The summed E-state index contributed by atoms with van der Waals surface area (Å²) in [5, 5.41) is 11.5. The maximum absolute atomic E-state index is 8.94. The zero-order chi connectivity index (χ0) is 12.3. The minimum absolute atomic E-state index is 0.118. The van der Waals surface area contributed by atoms with Crippen LogP contribution in [0.15, 0.2) is 36.4 Å². The van der Waals surface area contributed by atoms with Crippen molar-refractivity contribution in [2.45, 2.75) is 13.3 Å². The van der Waals surface area contributed by atoms with Gasteiger partial charge in [0.25, 0.3) is 0 Å². The monoisotopic (exact) mass is 229 g/mol. The summed E-state index contributed by atoms with van der Waals surface area (Å²) in [6.07, 6.45) is 0.973. The maximum atomic E-state index is 8.94. The summed E-state index contributed by atoms with van der Waals surface area (Å²) in [6, 6.07) is 13.1. The Morgan fingerprint density at radius 3 is 2.53 bits per heavy atom. The molecule has 17 heavy (non-hydrogen) atoms. The normalized spacial score (nSPS) is 11.3. The summed E-state index contributed by atoms with van der Waals surface area (Å²) in [7, 11) is 1.92. The van der Waals surface area contributed by atoms with Crippen LogP contribution in [0.2, 0.25) is 0 Å². The highest BCUT2D eigenvalue weighted by Crippen LogP contribution is 2.18. The van der Waals surface area contributed by atoms with Gasteiger partial charge in [0.1, 0.15) is 0 Å². The third-order valence-corrected chi connectivity index (χ3v) is 3.08. The van der Waals surface area contributed by atoms with Crippen molar-refractivity contribution in [3.05, 3.63) is 47.5 Å². The second-order valence-corrected chi connectivity index (χ2v) is 4.66. The van der Waals surface area contributed by atoms with Crippen molar-refractivity contribution in [3.8, 4) is 0 Å². The van der Waals surface area contributed by atoms with Crippen LogP contribution in [0, 0.1) is 6.92 Å². The average Bonchev–Trinajstić information content (AvgIpc) is 2.35. The van der Waals surface area contributed by atoms with Crippen LogP contribution in [0.4, 0.5) is 0 Å². The molecule has 0 aliphatic carbocycles. The largest absolute Gasteiger partial charge is 0.381 e. The summed E-state index contributed by atoms with van der Waals surface area (Å²) in [5.41, 5.74) is 2.62. The first-order valence-electron chi connectivity index (χ1n) is 5.98. The van der Waals surface area contributed by atoms with E-state index in [1.165, 1.54) is 21.9 Å². The first-order valence-corrected chi connectivity index (χ1v) is 5.98. The van der Waals surface area contributed by atoms with Gasteiger partial charge in [0.2, 0.25) is 0 Å². The fourth-order valence-electron chi connectivity index (χ4n) is 1.96. The lowest BCUT2D eigenvalue weighted by atomic mass is 10.0. The number of benzene rings is 2. The van der Waals surface area contributed by atoms with E-state index in [9.17, 15) is 0 Å². The molecule has 0 fully saturated rings. The molecule has 0 heterocycles. The van der Waals surface area contributed by atoms with Gasteiger partial charge in [-0.1, -0.05) is 42.0 Å². The average molecular weight is 229 g/mol. The maximum Gasteiger partial charge on any atom is 0.0954 e. The Morgan fingerprint density at radius 2 is 1.76 bits per heavy atom. The quantitative estimate of drug-likeness (QED) is 0.814. The third kappa shape index (κ3) is 3.05. The van der Waals surface area contributed by atoms with Crippen LogP contribution in [-0.4, -0.2) is 30.3 Å². The van der Waals surface area contributed by atoms with Gasteiger partial charge >= 0.3 is 0 Å². The Balaban J connectivity index is 2.17. The Hall–Kier alpha value is -1.38. The number of aliphatic hydroxyl groups excluding tert-OH is 1. The number of likely N-dealkylation sites (N-methyl/N-ethyl adjacent to an activating group) is 1. The van der Waals surface area contributed by atoms with Crippen LogP contribution in [0.25, 0.3) is 10.8 Å². The van der Waals surface area contributed by atoms with Gasteiger partial charge in [-0.05, 0) is 36.7 Å². The zero-order valence-corrected chi connectivity index (χ0v) is 10.5. The molecule has 0 saturated heterocycles. The molecule has 1 N–H and O–H groups in total. The number of aliphatic hydroxyl groups is 1. The van der Waals surface area contributed by atoms with E-state index in [1.807, 2.05) is 11.9 Å². The van der Waals surface area contributed by atoms with Gasteiger partial charge in [-0.2, -0.15) is 0 Å². The van der Waals surface area contributed by atoms with E-state index in [1.54, 1.807) is 0 Å². The number of fused-ring (bicyclic) bond motifs is 1. The molecular formula is C15H19NO. The standard InChI is InChI=1S/C15H19NO/c1-12-3-5-15-10-13(4-6-14(15)9-12)7-8-16(2)11-17/h3-6,9-10,17H,7-8,11H2,1-2H3. The van der Waals surface area contributed by atoms with E-state index < -0.39 is 0 Å². The molecule has 0 unspecified atom stereocenters. The minimum Gasteiger partial charge on any atom is -0.381 e. The van der Waals surface area contributed by atoms with Crippen LogP contribution in [-0.2, 0) is 6.42 Å². The summed E-state index contributed by atoms with van der Waals surface area (Å²) in [6.45, 7) is 3.12. The lowest BCUT2D eigenvalue weighted by Crippen LogP contribution is -2.21. The third-order valence-electron chi connectivity index (χ3n) is 3.08. The molecule has 90 valence electrons. The van der Waals surface area contributed by atoms with Gasteiger partial charge < -0.3 is 5.11 Å². The van der Waals surface area contributed by atoms with Crippen molar-refractivity contribution in [2.75, 3.05) is 20.3 Å². The number of hydrogen-bond donors (Lipinski definition) is 1. The van der Waals surface area contributed by atoms with E-state index in [-0.39, 0.29) is 6.73 Å². The number of rotatable bonds is 4. The van der Waals surface area contributed by atoms with Crippen LogP contribution in [0.1, 0.15) is 11.1 Å². The van der Waals surface area contributed by atoms with Gasteiger partial charge in [-0.15, -0.1) is 0 Å². The van der Waals surface area contributed by atoms with Crippen LogP contribution >= 0.6 is 0 Å². The van der Waals surface area contributed by atoms with E-state index in [4.69, 9.17) is 5.11 Å². The number of nitrogens with zero attached hydrogens (tertiary/aromatic N) is 1. The van der Waals surface area contributed by atoms with Crippen molar-refractivity contribution in [1.29, 1.82) is 0 Å². The predicted molar refractivity (Wildman–Crippen MR) is 72.1 cm³/mol. The number of hydrogen-bond acceptors (Lipinski definition) is 2. The number of aryl methyl sites for hydroxylation is 1. The molecule has 0 amide bonds. The first-order chi connectivity index (χ1) is 8.19. The molecule has 0 spiro atoms. The van der Waals surface area contributed by atoms with Gasteiger partial charge in [0.05, 0.1) is 6.73 Å². The molecule has 2 aromatic carbocycles. The Labute approximate surface area is 102 Å². The molecule has 0 saturated carbocycles. The van der Waals surface area contributed by atoms with Crippen molar-refractivity contribution >= 4 is 10.8 Å². The Morgan fingerprint density at radius 1 is 1.06 bits per heavy atom. The minimum atomic E-state index is 0.118. The summed E-state index contributed by atoms with van der Waals surface area (Å²) < 4.78 is 0. The smallest absolute Gasteiger partial charge is 0.0954 e. The molecular weight excluding hydrogens is 210 g/mol. The van der Waals surface area contributed by atoms with Gasteiger partial charge in [0.15, 0.2) is 0 Å². The van der Waals surface area contributed by atoms with Gasteiger partial charge in [-0.25, -0.2) is 0 Å². The fraction of sp³-hybridized carbons (Fsp3) is 0.333. The molecule has 2 rings (SSSR count). The summed E-state index contributed by atoms with van der Waals surface area (Å²) in [4.78, 5) is 1.90. The van der Waals surface area contributed by atoms with E-state index in [0.29, 0.717) is 0 Å². The van der Waals surface area contributed by atoms with Crippen molar-refractivity contribution < 1.29 is 5.11 Å². The lowest BCUT2D eigenvalue weighted by molar-refractivity contribution is 0.134. The summed E-state index contributed by atoms with van der Waals surface area (Å²) >= 11 is 0. The second kappa shape index (κ2) is 5.30. The lowest BCUT2D eigenvalue weighted by Gasteiger charge is -2.12. The molecule has 0 aliphatic heterocycles. The predicted octanol–water partition coefficient (Wildman–Crippen LogP) is 2.57. The van der Waals surface area contributed by atoms with E-state index in [2.05, 4.69) is 43.3 Å². The highest BCUT2D eigenvalue weighted by atomic mass is 16.3. The van der Waals surface area contributed by atoms with Gasteiger partial charge in [-0.3, -0.25) is 4.90 Å². The molecule has 0 aromatic heterocycles. The van der Waals surface area contributed by atoms with Crippen LogP contribution < -0.4 is 0 Å². The SMILES string of the molecule is Cc1ccc2cc(CCN(C)CO)ccc2c1. The molecule has 2 nitrogen and oxygen atoms in total. The zero-order valence-electron chi connectivity index (χ0n) is 10.5. The second-order valence-electron chi connectivity index (χ2n) is 4.66. The highest BCUT2D eigenvalue weighted by molar-refractivity contribution is 5.83. The van der Waals surface area contributed by atoms with E-state index in [0.717, 1.165) is 13.0 Å². The molecule has 0 bridgehead atoms. The van der Waals surface area contributed by atoms with E-state index >= 15 is 0 Å². The molecule has 2 heteroatoms. The van der Waals surface area contributed by atoms with Crippen LogP contribution in [0.5, 0.6) is 0 Å². The first kappa shape index (κ1) is 12.1. The molecule has 0 aliphatic rings. The topological polar surface area (TPSA) is 23.5 Å².